The number of ether oxygens (including phenoxy) is 1. The van der Waals surface area contributed by atoms with Crippen molar-refractivity contribution < 1.29 is 9.53 Å². The van der Waals surface area contributed by atoms with Crippen LogP contribution in [0.5, 0.6) is 0 Å². The summed E-state index contributed by atoms with van der Waals surface area (Å²) in [7, 11) is 3.27. The molecule has 1 aliphatic heterocycles. The fraction of sp³-hybridized carbons (Fsp3) is 0.600. The number of anilines is 1. The number of para-hydroxylation sites is 1. The van der Waals surface area contributed by atoms with Gasteiger partial charge in [0.15, 0.2) is 5.96 Å². The Kier molecular flexibility index (Phi) is 7.75. The zero-order chi connectivity index (χ0) is 18.9. The van der Waals surface area contributed by atoms with Gasteiger partial charge in [-0.25, -0.2) is 0 Å². The van der Waals surface area contributed by atoms with Crippen LogP contribution >= 0.6 is 0 Å². The summed E-state index contributed by atoms with van der Waals surface area (Å²) in [5.74, 6) is 1.29. The highest BCUT2D eigenvalue weighted by molar-refractivity contribution is 5.80. The molecule has 0 radical (unpaired) electrons. The second-order valence-electron chi connectivity index (χ2n) is 7.07. The lowest BCUT2D eigenvalue weighted by Crippen LogP contribution is -2.49. The van der Waals surface area contributed by atoms with E-state index in [0.29, 0.717) is 12.0 Å². The molecule has 2 N–H and O–H groups in total. The van der Waals surface area contributed by atoms with Gasteiger partial charge in [0, 0.05) is 38.4 Å². The van der Waals surface area contributed by atoms with Crippen LogP contribution < -0.4 is 10.6 Å². The number of methoxy groups -OCH3 is 1. The van der Waals surface area contributed by atoms with Gasteiger partial charge < -0.3 is 20.3 Å². The van der Waals surface area contributed by atoms with Crippen LogP contribution in [0.2, 0.25) is 0 Å². The van der Waals surface area contributed by atoms with Crippen molar-refractivity contribution in [2.75, 3.05) is 39.1 Å². The van der Waals surface area contributed by atoms with Crippen LogP contribution in [0.4, 0.5) is 5.69 Å². The summed E-state index contributed by atoms with van der Waals surface area (Å²) in [5, 5.41) is 7.09. The van der Waals surface area contributed by atoms with Crippen LogP contribution in [0.25, 0.3) is 0 Å². The molecule has 1 aromatic rings. The van der Waals surface area contributed by atoms with Crippen LogP contribution in [0.1, 0.15) is 26.7 Å². The number of aliphatic imine (C=N–C) groups is 1. The van der Waals surface area contributed by atoms with E-state index >= 15 is 0 Å². The van der Waals surface area contributed by atoms with Gasteiger partial charge in [0.25, 0.3) is 0 Å². The Hall–Kier alpha value is -2.24. The quantitative estimate of drug-likeness (QED) is 0.464. The smallest absolute Gasteiger partial charge is 0.308 e. The Morgan fingerprint density at radius 3 is 2.46 bits per heavy atom. The number of carbonyl (C=O) groups excluding carboxylic acids is 1. The van der Waals surface area contributed by atoms with Gasteiger partial charge in [-0.05, 0) is 30.9 Å². The maximum Gasteiger partial charge on any atom is 0.308 e. The molecule has 26 heavy (non-hydrogen) atoms. The van der Waals surface area contributed by atoms with Gasteiger partial charge in [-0.1, -0.05) is 32.0 Å². The Balaban J connectivity index is 1.88. The van der Waals surface area contributed by atoms with Gasteiger partial charge in [0.1, 0.15) is 0 Å². The largest absolute Gasteiger partial charge is 0.469 e. The number of benzene rings is 1. The number of hydrogen-bond acceptors (Lipinski definition) is 4. The van der Waals surface area contributed by atoms with Crippen molar-refractivity contribution in [1.29, 1.82) is 0 Å². The molecule has 0 aromatic heterocycles. The third-order valence-corrected chi connectivity index (χ3v) is 4.95. The van der Waals surface area contributed by atoms with Crippen molar-refractivity contribution in [2.45, 2.75) is 32.7 Å². The minimum atomic E-state index is -0.0977. The second-order valence-corrected chi connectivity index (χ2v) is 7.07. The van der Waals surface area contributed by atoms with Gasteiger partial charge in [-0.3, -0.25) is 9.79 Å². The van der Waals surface area contributed by atoms with Gasteiger partial charge in [0.2, 0.25) is 0 Å². The Morgan fingerprint density at radius 2 is 1.92 bits per heavy atom. The molecule has 0 aliphatic carbocycles. The predicted octanol–water partition coefficient (Wildman–Crippen LogP) is 2.58. The molecule has 0 amide bonds. The summed E-state index contributed by atoms with van der Waals surface area (Å²) in [6.07, 6.45) is 1.62. The molecule has 1 saturated heterocycles. The lowest BCUT2D eigenvalue weighted by Gasteiger charge is -2.34. The highest BCUT2D eigenvalue weighted by atomic mass is 16.5. The molecule has 144 valence electrons. The van der Waals surface area contributed by atoms with Crippen molar-refractivity contribution in [3.63, 3.8) is 0 Å². The summed E-state index contributed by atoms with van der Waals surface area (Å²) in [5.41, 5.74) is 1.13. The highest BCUT2D eigenvalue weighted by Crippen LogP contribution is 2.18. The fourth-order valence-corrected chi connectivity index (χ4v) is 3.23. The Labute approximate surface area is 157 Å². The van der Waals surface area contributed by atoms with Crippen molar-refractivity contribution >= 4 is 17.6 Å². The topological polar surface area (TPSA) is 66.0 Å². The average molecular weight is 361 g/mol. The molecule has 1 fully saturated rings. The van der Waals surface area contributed by atoms with E-state index in [-0.39, 0.29) is 11.9 Å². The van der Waals surface area contributed by atoms with Gasteiger partial charge in [-0.15, -0.1) is 0 Å². The summed E-state index contributed by atoms with van der Waals surface area (Å²) in [6, 6.07) is 10.6. The van der Waals surface area contributed by atoms with E-state index in [9.17, 15) is 4.79 Å². The summed E-state index contributed by atoms with van der Waals surface area (Å²) in [6.45, 7) is 6.85. The number of esters is 1. The van der Waals surface area contributed by atoms with Crippen LogP contribution in [0.3, 0.4) is 0 Å². The zero-order valence-corrected chi connectivity index (χ0v) is 16.4. The first-order chi connectivity index (χ1) is 12.5. The molecule has 0 spiro atoms. The predicted molar refractivity (Wildman–Crippen MR) is 106 cm³/mol. The van der Waals surface area contributed by atoms with E-state index in [2.05, 4.69) is 46.5 Å². The maximum absolute atomic E-state index is 11.7. The van der Waals surface area contributed by atoms with Crippen LogP contribution in [0, 0.1) is 11.8 Å². The molecule has 1 aliphatic rings. The van der Waals surface area contributed by atoms with Gasteiger partial charge in [-0.2, -0.15) is 0 Å². The number of nitrogens with one attached hydrogen (secondary N) is 2. The standard InChI is InChI=1S/C20H32N4O2/c1-15(2)18(23-17-8-6-5-7-9-17)14-22-20(21-3)24-12-10-16(11-13-24)19(25)26-4/h5-9,15-16,18,23H,10-14H2,1-4H3,(H,21,22). The van der Waals surface area contributed by atoms with Crippen LogP contribution in [-0.2, 0) is 9.53 Å². The molecular formula is C20H32N4O2. The van der Waals surface area contributed by atoms with E-state index in [1.165, 1.54) is 7.11 Å². The maximum atomic E-state index is 11.7. The summed E-state index contributed by atoms with van der Waals surface area (Å²) < 4.78 is 4.86. The molecule has 0 saturated carbocycles. The van der Waals surface area contributed by atoms with Crippen molar-refractivity contribution in [3.05, 3.63) is 30.3 Å². The first kappa shape index (κ1) is 20.1. The first-order valence-electron chi connectivity index (χ1n) is 9.40. The Morgan fingerprint density at radius 1 is 1.27 bits per heavy atom. The third-order valence-electron chi connectivity index (χ3n) is 4.95. The monoisotopic (exact) mass is 360 g/mol. The lowest BCUT2D eigenvalue weighted by molar-refractivity contribution is -0.146. The molecule has 2 rings (SSSR count). The second kappa shape index (κ2) is 10.0. The molecule has 1 heterocycles. The van der Waals surface area contributed by atoms with Gasteiger partial charge >= 0.3 is 5.97 Å². The minimum Gasteiger partial charge on any atom is -0.469 e. The lowest BCUT2D eigenvalue weighted by atomic mass is 9.97. The van der Waals surface area contributed by atoms with Crippen molar-refractivity contribution in [3.8, 4) is 0 Å². The molecule has 1 unspecified atom stereocenters. The SMILES string of the molecule is CN=C(NCC(Nc1ccccc1)C(C)C)N1CCC(C(=O)OC)CC1. The third kappa shape index (κ3) is 5.64. The van der Waals surface area contributed by atoms with Gasteiger partial charge in [0.05, 0.1) is 13.0 Å². The normalized spacial score (nSPS) is 17.1. The summed E-state index contributed by atoms with van der Waals surface area (Å²) in [4.78, 5) is 18.3. The molecule has 1 atom stereocenters. The van der Waals surface area contributed by atoms with E-state index in [4.69, 9.17) is 4.74 Å². The highest BCUT2D eigenvalue weighted by Gasteiger charge is 2.27. The van der Waals surface area contributed by atoms with E-state index in [1.807, 2.05) is 25.2 Å². The van der Waals surface area contributed by atoms with Crippen molar-refractivity contribution in [2.24, 2.45) is 16.8 Å². The molecule has 1 aromatic carbocycles. The van der Waals surface area contributed by atoms with E-state index in [1.54, 1.807) is 0 Å². The molecule has 6 nitrogen and oxygen atoms in total. The average Bonchev–Trinajstić information content (AvgIpc) is 2.68. The molecular weight excluding hydrogens is 328 g/mol. The number of carbonyl (C=O) groups is 1. The number of hydrogen-bond donors (Lipinski definition) is 2. The number of guanidine groups is 1. The fourth-order valence-electron chi connectivity index (χ4n) is 3.23. The first-order valence-corrected chi connectivity index (χ1v) is 9.40. The summed E-state index contributed by atoms with van der Waals surface area (Å²) >= 11 is 0. The number of rotatable bonds is 6. The zero-order valence-electron chi connectivity index (χ0n) is 16.4. The van der Waals surface area contributed by atoms with Crippen LogP contribution in [0.15, 0.2) is 35.3 Å². The number of likely N-dealkylation sites (tertiary alicyclic amines) is 1. The number of piperidine rings is 1. The van der Waals surface area contributed by atoms with E-state index in [0.717, 1.165) is 44.1 Å². The Bertz CT molecular complexity index is 581. The molecule has 6 heteroatoms. The van der Waals surface area contributed by atoms with E-state index < -0.39 is 0 Å². The molecule has 0 bridgehead atoms. The van der Waals surface area contributed by atoms with Crippen molar-refractivity contribution in [1.82, 2.24) is 10.2 Å². The van der Waals surface area contributed by atoms with Crippen LogP contribution in [-0.4, -0.2) is 56.7 Å². The number of nitrogens with zero attached hydrogens (tertiary/aromatic N) is 2. The minimum absolute atomic E-state index is 0.0116.